The van der Waals surface area contributed by atoms with Gasteiger partial charge >= 0.3 is 0 Å². The van der Waals surface area contributed by atoms with Crippen molar-refractivity contribution in [2.75, 3.05) is 0 Å². The highest BCUT2D eigenvalue weighted by molar-refractivity contribution is 6.06. The molecule has 0 aliphatic carbocycles. The van der Waals surface area contributed by atoms with E-state index in [0.29, 0.717) is 22.3 Å². The van der Waals surface area contributed by atoms with E-state index in [4.69, 9.17) is 0 Å². The number of hydrogen-bond acceptors (Lipinski definition) is 3. The number of amides is 1. The first-order valence-corrected chi connectivity index (χ1v) is 9.61. The van der Waals surface area contributed by atoms with Crippen LogP contribution in [0.3, 0.4) is 0 Å². The number of benzene rings is 3. The molecular weight excluding hydrogens is 376 g/mol. The van der Waals surface area contributed by atoms with Crippen molar-refractivity contribution < 1.29 is 4.79 Å². The molecule has 1 amide bonds. The summed E-state index contributed by atoms with van der Waals surface area (Å²) in [5.41, 5.74) is 3.23. The van der Waals surface area contributed by atoms with Gasteiger partial charge in [0.2, 0.25) is 5.56 Å². The van der Waals surface area contributed by atoms with Gasteiger partial charge < -0.3 is 15.3 Å². The van der Waals surface area contributed by atoms with Gasteiger partial charge in [-0.05, 0) is 23.8 Å². The average Bonchev–Trinajstić information content (AvgIpc) is 3.21. The maximum atomic E-state index is 13.3. The van der Waals surface area contributed by atoms with Gasteiger partial charge in [-0.2, -0.15) is 0 Å². The van der Waals surface area contributed by atoms with Crippen molar-refractivity contribution >= 4 is 27.8 Å². The molecule has 3 N–H and O–H groups in total. The number of H-pyrrole nitrogens is 2. The van der Waals surface area contributed by atoms with Crippen molar-refractivity contribution in [1.29, 1.82) is 0 Å². The highest BCUT2D eigenvalue weighted by atomic mass is 16.2. The summed E-state index contributed by atoms with van der Waals surface area (Å²) in [4.78, 5) is 36.1. The second-order valence-electron chi connectivity index (χ2n) is 7.05. The lowest BCUT2D eigenvalue weighted by molar-refractivity contribution is 0.0943. The molecule has 0 spiro atoms. The molecule has 2 heterocycles. The SMILES string of the molecule is O=C(N[C@@H](c1ccccc1)c1nc2ccccc2[nH]1)c1cc(=O)[nH]c2ccccc12. The van der Waals surface area contributed by atoms with Crippen LogP contribution in [-0.2, 0) is 0 Å². The topological polar surface area (TPSA) is 90.6 Å². The number of para-hydroxylation sites is 3. The van der Waals surface area contributed by atoms with Crippen LogP contribution in [0.5, 0.6) is 0 Å². The maximum Gasteiger partial charge on any atom is 0.253 e. The van der Waals surface area contributed by atoms with Gasteiger partial charge in [0.05, 0.1) is 16.6 Å². The van der Waals surface area contributed by atoms with Crippen LogP contribution in [0.15, 0.2) is 89.7 Å². The van der Waals surface area contributed by atoms with Gasteiger partial charge in [-0.15, -0.1) is 0 Å². The number of carbonyl (C=O) groups excluding carboxylic acids is 1. The third-order valence-corrected chi connectivity index (χ3v) is 5.08. The molecule has 6 nitrogen and oxygen atoms in total. The lowest BCUT2D eigenvalue weighted by atomic mass is 10.0. The van der Waals surface area contributed by atoms with Crippen molar-refractivity contribution in [1.82, 2.24) is 20.3 Å². The Kier molecular flexibility index (Phi) is 4.37. The molecule has 1 atom stereocenters. The van der Waals surface area contributed by atoms with E-state index in [1.165, 1.54) is 6.07 Å². The molecule has 5 rings (SSSR count). The molecule has 0 fully saturated rings. The number of rotatable bonds is 4. The number of carbonyl (C=O) groups is 1. The monoisotopic (exact) mass is 394 g/mol. The summed E-state index contributed by atoms with van der Waals surface area (Å²) < 4.78 is 0. The summed E-state index contributed by atoms with van der Waals surface area (Å²) in [6, 6.07) is 25.4. The van der Waals surface area contributed by atoms with E-state index in [1.807, 2.05) is 72.8 Å². The Morgan fingerprint density at radius 3 is 2.33 bits per heavy atom. The van der Waals surface area contributed by atoms with Gasteiger partial charge in [-0.1, -0.05) is 60.7 Å². The molecular formula is C24H18N4O2. The summed E-state index contributed by atoms with van der Waals surface area (Å²) in [6.45, 7) is 0. The fraction of sp³-hybridized carbons (Fsp3) is 0.0417. The van der Waals surface area contributed by atoms with Gasteiger partial charge in [-0.25, -0.2) is 4.98 Å². The fourth-order valence-electron chi connectivity index (χ4n) is 3.67. The molecule has 0 bridgehead atoms. The van der Waals surface area contributed by atoms with E-state index >= 15 is 0 Å². The quantitative estimate of drug-likeness (QED) is 0.431. The van der Waals surface area contributed by atoms with Crippen LogP contribution in [0.2, 0.25) is 0 Å². The van der Waals surface area contributed by atoms with Crippen LogP contribution in [0.25, 0.3) is 21.9 Å². The largest absolute Gasteiger partial charge is 0.340 e. The van der Waals surface area contributed by atoms with E-state index in [1.54, 1.807) is 6.07 Å². The minimum Gasteiger partial charge on any atom is -0.340 e. The number of pyridine rings is 1. The predicted molar refractivity (Wildman–Crippen MR) is 116 cm³/mol. The van der Waals surface area contributed by atoms with E-state index < -0.39 is 6.04 Å². The number of nitrogens with one attached hydrogen (secondary N) is 3. The second-order valence-corrected chi connectivity index (χ2v) is 7.05. The van der Waals surface area contributed by atoms with Crippen molar-refractivity contribution in [2.24, 2.45) is 0 Å². The summed E-state index contributed by atoms with van der Waals surface area (Å²) in [6.07, 6.45) is 0. The Morgan fingerprint density at radius 1 is 0.833 bits per heavy atom. The van der Waals surface area contributed by atoms with Crippen LogP contribution >= 0.6 is 0 Å². The van der Waals surface area contributed by atoms with Gasteiger partial charge in [0.25, 0.3) is 5.91 Å². The summed E-state index contributed by atoms with van der Waals surface area (Å²) in [7, 11) is 0. The molecule has 5 aromatic rings. The highest BCUT2D eigenvalue weighted by Crippen LogP contribution is 2.24. The van der Waals surface area contributed by atoms with Crippen molar-refractivity contribution in [3.8, 4) is 0 Å². The maximum absolute atomic E-state index is 13.3. The first kappa shape index (κ1) is 17.9. The smallest absolute Gasteiger partial charge is 0.253 e. The van der Waals surface area contributed by atoms with Crippen molar-refractivity contribution in [3.05, 3.63) is 112 Å². The van der Waals surface area contributed by atoms with Crippen molar-refractivity contribution in [2.45, 2.75) is 6.04 Å². The van der Waals surface area contributed by atoms with E-state index in [9.17, 15) is 9.59 Å². The van der Waals surface area contributed by atoms with E-state index in [2.05, 4.69) is 20.3 Å². The number of aromatic nitrogens is 3. The highest BCUT2D eigenvalue weighted by Gasteiger charge is 2.22. The van der Waals surface area contributed by atoms with E-state index in [0.717, 1.165) is 16.6 Å². The lowest BCUT2D eigenvalue weighted by Gasteiger charge is -2.18. The number of nitrogens with zero attached hydrogens (tertiary/aromatic N) is 1. The molecule has 3 aromatic carbocycles. The summed E-state index contributed by atoms with van der Waals surface area (Å²) in [5.74, 6) is 0.288. The number of aromatic amines is 2. The third-order valence-electron chi connectivity index (χ3n) is 5.08. The Hall–Kier alpha value is -4.19. The standard InChI is InChI=1S/C24H18N4O2/c29-21-14-17(16-10-4-5-11-18(16)25-21)24(30)28-22(15-8-2-1-3-9-15)23-26-19-12-6-7-13-20(19)27-23/h1-14,22H,(H,25,29)(H,26,27)(H,28,30)/t22-/m0/s1. The van der Waals surface area contributed by atoms with Crippen molar-refractivity contribution in [3.63, 3.8) is 0 Å². The summed E-state index contributed by atoms with van der Waals surface area (Å²) in [5, 5.41) is 3.75. The Morgan fingerprint density at radius 2 is 1.53 bits per heavy atom. The fourth-order valence-corrected chi connectivity index (χ4v) is 3.67. The molecule has 6 heteroatoms. The van der Waals surface area contributed by atoms with E-state index in [-0.39, 0.29) is 11.5 Å². The molecule has 0 aliphatic rings. The minimum absolute atomic E-state index is 0.321. The predicted octanol–water partition coefficient (Wildman–Crippen LogP) is 3.92. The molecule has 0 radical (unpaired) electrons. The van der Waals surface area contributed by atoms with Gasteiger partial charge in [0.1, 0.15) is 11.9 Å². The number of imidazole rings is 1. The normalized spacial score (nSPS) is 12.1. The molecule has 30 heavy (non-hydrogen) atoms. The zero-order valence-corrected chi connectivity index (χ0v) is 15.9. The van der Waals surface area contributed by atoms with Crippen LogP contribution in [0.4, 0.5) is 0 Å². The lowest BCUT2D eigenvalue weighted by Crippen LogP contribution is -2.31. The molecule has 0 saturated carbocycles. The average molecular weight is 394 g/mol. The zero-order chi connectivity index (χ0) is 20.5. The molecule has 2 aromatic heterocycles. The number of fused-ring (bicyclic) bond motifs is 2. The first-order chi connectivity index (χ1) is 14.7. The van der Waals surface area contributed by atoms with Gasteiger partial charge in [-0.3, -0.25) is 9.59 Å². The Labute approximate surface area is 171 Å². The van der Waals surface area contributed by atoms with Crippen LogP contribution in [0, 0.1) is 0 Å². The first-order valence-electron chi connectivity index (χ1n) is 9.61. The molecule has 0 aliphatic heterocycles. The molecule has 0 saturated heterocycles. The Balaban J connectivity index is 1.59. The van der Waals surface area contributed by atoms with Crippen LogP contribution in [0.1, 0.15) is 27.8 Å². The second kappa shape index (κ2) is 7.33. The zero-order valence-electron chi connectivity index (χ0n) is 15.9. The van der Waals surface area contributed by atoms with Crippen LogP contribution < -0.4 is 10.9 Å². The molecule has 146 valence electrons. The minimum atomic E-state index is -0.496. The third kappa shape index (κ3) is 3.24. The van der Waals surface area contributed by atoms with Gasteiger partial charge in [0.15, 0.2) is 0 Å². The summed E-state index contributed by atoms with van der Waals surface area (Å²) >= 11 is 0. The van der Waals surface area contributed by atoms with Crippen LogP contribution in [-0.4, -0.2) is 20.9 Å². The number of hydrogen-bond donors (Lipinski definition) is 3. The Bertz CT molecular complexity index is 1390. The molecule has 0 unspecified atom stereocenters. The van der Waals surface area contributed by atoms with Gasteiger partial charge in [0, 0.05) is 17.0 Å².